The normalized spacial score (nSPS) is 18.7. The second-order valence-electron chi connectivity index (χ2n) is 7.65. The number of hydrogen-bond acceptors (Lipinski definition) is 8. The Balaban J connectivity index is 1.45. The van der Waals surface area contributed by atoms with Crippen molar-refractivity contribution in [1.29, 1.82) is 5.26 Å². The second-order valence-corrected chi connectivity index (χ2v) is 7.65. The van der Waals surface area contributed by atoms with Gasteiger partial charge in [-0.15, -0.1) is 10.2 Å². The molecule has 8 nitrogen and oxygen atoms in total. The summed E-state index contributed by atoms with van der Waals surface area (Å²) in [5.74, 6) is 1.46. The molecule has 0 bridgehead atoms. The molecule has 0 unspecified atom stereocenters. The number of fused-ring (bicyclic) bond motifs is 1. The van der Waals surface area contributed by atoms with Crippen LogP contribution in [0.2, 0.25) is 0 Å². The number of aromatic hydroxyl groups is 1. The van der Waals surface area contributed by atoms with Crippen LogP contribution in [0.15, 0.2) is 12.1 Å². The lowest BCUT2D eigenvalue weighted by molar-refractivity contribution is 0.214. The van der Waals surface area contributed by atoms with E-state index in [0.29, 0.717) is 36.7 Å². The third kappa shape index (κ3) is 4.25. The van der Waals surface area contributed by atoms with Gasteiger partial charge < -0.3 is 20.1 Å². The van der Waals surface area contributed by atoms with Crippen molar-refractivity contribution in [3.05, 3.63) is 23.4 Å². The quantitative estimate of drug-likeness (QED) is 0.720. The van der Waals surface area contributed by atoms with Gasteiger partial charge in [0.15, 0.2) is 0 Å². The molecular weight excluding hydrogens is 368 g/mol. The minimum atomic E-state index is 0.209. The van der Waals surface area contributed by atoms with Crippen molar-refractivity contribution in [1.82, 2.24) is 20.1 Å². The number of likely N-dealkylation sites (tertiary alicyclic amines) is 1. The molecule has 3 heterocycles. The van der Waals surface area contributed by atoms with Crippen molar-refractivity contribution in [2.24, 2.45) is 0 Å². The summed E-state index contributed by atoms with van der Waals surface area (Å²) in [5.41, 5.74) is 2.77. The first-order valence-corrected chi connectivity index (χ1v) is 10.2. The minimum absolute atomic E-state index is 0.209. The predicted octanol–water partition coefficient (Wildman–Crippen LogP) is 2.67. The minimum Gasteiger partial charge on any atom is -0.507 e. The van der Waals surface area contributed by atoms with Crippen LogP contribution >= 0.6 is 0 Å². The number of aromatic nitrogens is 3. The average Bonchev–Trinajstić information content (AvgIpc) is 3.19. The molecule has 0 spiro atoms. The molecule has 2 aromatic rings. The molecule has 0 saturated carbocycles. The highest BCUT2D eigenvalue weighted by molar-refractivity contribution is 5.72. The van der Waals surface area contributed by atoms with Gasteiger partial charge >= 0.3 is 0 Å². The van der Waals surface area contributed by atoms with E-state index in [1.54, 1.807) is 0 Å². The van der Waals surface area contributed by atoms with Crippen molar-refractivity contribution < 1.29 is 9.84 Å². The average molecular weight is 394 g/mol. The summed E-state index contributed by atoms with van der Waals surface area (Å²) >= 11 is 0. The van der Waals surface area contributed by atoms with Gasteiger partial charge in [-0.3, -0.25) is 0 Å². The van der Waals surface area contributed by atoms with Crippen LogP contribution in [0.25, 0.3) is 11.3 Å². The highest BCUT2D eigenvalue weighted by Gasteiger charge is 2.23. The van der Waals surface area contributed by atoms with E-state index in [4.69, 9.17) is 10.00 Å². The first-order valence-electron chi connectivity index (χ1n) is 10.2. The molecule has 1 aromatic heterocycles. The Morgan fingerprint density at radius 2 is 2.28 bits per heavy atom. The maximum absolute atomic E-state index is 10.6. The number of rotatable bonds is 6. The zero-order chi connectivity index (χ0) is 20.2. The zero-order valence-electron chi connectivity index (χ0n) is 16.7. The van der Waals surface area contributed by atoms with Crippen LogP contribution in [0.4, 0.5) is 5.95 Å². The lowest BCUT2D eigenvalue weighted by Gasteiger charge is -2.32. The van der Waals surface area contributed by atoms with Gasteiger partial charge in [0, 0.05) is 36.6 Å². The summed E-state index contributed by atoms with van der Waals surface area (Å²) in [7, 11) is 0. The highest BCUT2D eigenvalue weighted by Crippen LogP contribution is 2.40. The molecule has 8 heteroatoms. The Kier molecular flexibility index (Phi) is 5.76. The van der Waals surface area contributed by atoms with Crippen molar-refractivity contribution >= 4 is 5.95 Å². The van der Waals surface area contributed by atoms with Crippen LogP contribution in [0.1, 0.15) is 36.9 Å². The van der Waals surface area contributed by atoms with Crippen molar-refractivity contribution in [3.63, 3.8) is 0 Å². The summed E-state index contributed by atoms with van der Waals surface area (Å²) in [6, 6.07) is 6.15. The first kappa shape index (κ1) is 19.4. The molecule has 0 radical (unpaired) electrons. The molecule has 1 aromatic carbocycles. The Hall–Kier alpha value is -2.92. The molecule has 1 atom stereocenters. The van der Waals surface area contributed by atoms with E-state index in [9.17, 15) is 5.11 Å². The molecule has 152 valence electrons. The SMILES string of the molecule is Cc1nc(N[C@@H]2CCCN(CCCC#N)C2)nnc1-c1ccc2c(c1O)CCO2. The molecule has 1 fully saturated rings. The van der Waals surface area contributed by atoms with Crippen LogP contribution in [0.5, 0.6) is 11.5 Å². The van der Waals surface area contributed by atoms with Gasteiger partial charge in [0.1, 0.15) is 17.2 Å². The van der Waals surface area contributed by atoms with Crippen LogP contribution in [0.3, 0.4) is 0 Å². The van der Waals surface area contributed by atoms with Crippen molar-refractivity contribution in [3.8, 4) is 28.8 Å². The standard InChI is InChI=1S/C21H26N6O2/c1-14-19(17-6-7-18-16(20(17)28)8-12-29-18)25-26-21(23-14)24-15-5-4-11-27(13-15)10-3-2-9-22/h6-7,15,28H,2-5,8,10-13H2,1H3,(H,23,24,26)/t15-/m1/s1. The number of anilines is 1. The molecule has 2 aliphatic heterocycles. The maximum Gasteiger partial charge on any atom is 0.243 e. The van der Waals surface area contributed by atoms with Crippen LogP contribution in [-0.4, -0.2) is 57.5 Å². The van der Waals surface area contributed by atoms with Gasteiger partial charge in [0.2, 0.25) is 5.95 Å². The number of phenolic OH excluding ortho intramolecular Hbond substituents is 1. The van der Waals surface area contributed by atoms with Crippen molar-refractivity contribution in [2.45, 2.75) is 45.1 Å². The number of piperidine rings is 1. The number of unbranched alkanes of at least 4 members (excludes halogenated alkanes) is 1. The van der Waals surface area contributed by atoms with E-state index in [2.05, 4.69) is 31.5 Å². The summed E-state index contributed by atoms with van der Waals surface area (Å²) in [6.45, 7) is 5.41. The van der Waals surface area contributed by atoms with Crippen LogP contribution < -0.4 is 10.1 Å². The van der Waals surface area contributed by atoms with E-state index in [0.717, 1.165) is 55.9 Å². The fourth-order valence-corrected chi connectivity index (χ4v) is 4.10. The smallest absolute Gasteiger partial charge is 0.243 e. The molecule has 4 rings (SSSR count). The summed E-state index contributed by atoms with van der Waals surface area (Å²) < 4.78 is 5.50. The van der Waals surface area contributed by atoms with Gasteiger partial charge in [0.25, 0.3) is 0 Å². The molecule has 0 aliphatic carbocycles. The Morgan fingerprint density at radius 3 is 3.10 bits per heavy atom. The number of nitriles is 1. The third-order valence-electron chi connectivity index (χ3n) is 5.57. The number of benzene rings is 1. The van der Waals surface area contributed by atoms with Gasteiger partial charge in [-0.1, -0.05) is 0 Å². The lowest BCUT2D eigenvalue weighted by atomic mass is 10.0. The monoisotopic (exact) mass is 394 g/mol. The molecule has 2 N–H and O–H groups in total. The molecule has 29 heavy (non-hydrogen) atoms. The molecule has 2 aliphatic rings. The van der Waals surface area contributed by atoms with Gasteiger partial charge in [-0.2, -0.15) is 5.26 Å². The fraction of sp³-hybridized carbons (Fsp3) is 0.524. The van der Waals surface area contributed by atoms with Crippen LogP contribution in [0, 0.1) is 18.3 Å². The molecule has 0 amide bonds. The third-order valence-corrected chi connectivity index (χ3v) is 5.57. The molecule has 1 saturated heterocycles. The van der Waals surface area contributed by atoms with E-state index in [1.807, 2.05) is 19.1 Å². The molecular formula is C21H26N6O2. The Morgan fingerprint density at radius 1 is 1.38 bits per heavy atom. The van der Waals surface area contributed by atoms with Gasteiger partial charge in [-0.05, 0) is 51.4 Å². The fourth-order valence-electron chi connectivity index (χ4n) is 4.10. The first-order chi connectivity index (χ1) is 14.2. The van der Waals surface area contributed by atoms with E-state index in [-0.39, 0.29) is 11.8 Å². The number of phenols is 1. The van der Waals surface area contributed by atoms with E-state index < -0.39 is 0 Å². The topological polar surface area (TPSA) is 107 Å². The van der Waals surface area contributed by atoms with Crippen LogP contribution in [-0.2, 0) is 6.42 Å². The number of nitrogens with zero attached hydrogens (tertiary/aromatic N) is 5. The number of ether oxygens (including phenoxy) is 1. The number of hydrogen-bond donors (Lipinski definition) is 2. The van der Waals surface area contributed by atoms with E-state index in [1.165, 1.54) is 0 Å². The second kappa shape index (κ2) is 8.62. The Labute approximate surface area is 170 Å². The Bertz CT molecular complexity index is 926. The van der Waals surface area contributed by atoms with Crippen molar-refractivity contribution in [2.75, 3.05) is 31.6 Å². The maximum atomic E-state index is 10.6. The zero-order valence-corrected chi connectivity index (χ0v) is 16.7. The summed E-state index contributed by atoms with van der Waals surface area (Å²) in [6.07, 6.45) is 4.37. The largest absolute Gasteiger partial charge is 0.507 e. The predicted molar refractivity (Wildman–Crippen MR) is 109 cm³/mol. The van der Waals surface area contributed by atoms with E-state index >= 15 is 0 Å². The number of aryl methyl sites for hydroxylation is 1. The lowest BCUT2D eigenvalue weighted by Crippen LogP contribution is -2.42. The highest BCUT2D eigenvalue weighted by atomic mass is 16.5. The summed E-state index contributed by atoms with van der Waals surface area (Å²) in [4.78, 5) is 6.98. The number of nitrogens with one attached hydrogen (secondary N) is 1. The van der Waals surface area contributed by atoms with Gasteiger partial charge in [0.05, 0.1) is 18.4 Å². The summed E-state index contributed by atoms with van der Waals surface area (Å²) in [5, 5.41) is 31.4. The van der Waals surface area contributed by atoms with Gasteiger partial charge in [-0.25, -0.2) is 4.98 Å².